The summed E-state index contributed by atoms with van der Waals surface area (Å²) in [5.74, 6) is 6.01. The van der Waals surface area contributed by atoms with Gasteiger partial charge >= 0.3 is 0 Å². The van der Waals surface area contributed by atoms with E-state index in [1.165, 1.54) is 4.52 Å². The van der Waals surface area contributed by atoms with Gasteiger partial charge in [0.05, 0.1) is 0 Å². The Balaban J connectivity index is 2.38. The Hall–Kier alpha value is -1.30. The number of hydrogen-bond acceptors (Lipinski definition) is 4. The van der Waals surface area contributed by atoms with Crippen molar-refractivity contribution in [2.24, 2.45) is 5.84 Å². The minimum Gasteiger partial charge on any atom is -0.507 e. The predicted octanol–water partition coefficient (Wildman–Crippen LogP) is 1.28. The van der Waals surface area contributed by atoms with Crippen LogP contribution in [0.2, 0.25) is 0 Å². The molecule has 0 spiro atoms. The fourth-order valence-corrected chi connectivity index (χ4v) is 2.67. The first kappa shape index (κ1) is 10.2. The van der Waals surface area contributed by atoms with Crippen LogP contribution in [0.4, 0.5) is 0 Å². The van der Waals surface area contributed by atoms with Gasteiger partial charge in [-0.15, -0.1) is 4.52 Å². The van der Waals surface area contributed by atoms with Gasteiger partial charge in [-0.2, -0.15) is 0 Å². The van der Waals surface area contributed by atoms with Crippen molar-refractivity contribution in [2.75, 3.05) is 0 Å². The second kappa shape index (κ2) is 4.06. The summed E-state index contributed by atoms with van der Waals surface area (Å²) in [6, 6.07) is 7.21. The van der Waals surface area contributed by atoms with Gasteiger partial charge in [0.1, 0.15) is 5.75 Å². The molecule has 0 radical (unpaired) electrons. The van der Waals surface area contributed by atoms with Crippen molar-refractivity contribution in [1.29, 1.82) is 0 Å². The molecule has 1 aliphatic heterocycles. The SMILES string of the molecule is CC1=CNN(N)S1=Cc1ccccc1O. The van der Waals surface area contributed by atoms with E-state index in [1.54, 1.807) is 12.1 Å². The normalized spacial score (nSPS) is 21.5. The summed E-state index contributed by atoms with van der Waals surface area (Å²) in [5, 5.41) is 11.6. The third-order valence-corrected chi connectivity index (χ3v) is 3.90. The molecule has 0 aliphatic carbocycles. The van der Waals surface area contributed by atoms with Gasteiger partial charge in [0.2, 0.25) is 0 Å². The van der Waals surface area contributed by atoms with E-state index in [1.807, 2.05) is 30.6 Å². The lowest BCUT2D eigenvalue weighted by Crippen LogP contribution is -2.32. The zero-order valence-corrected chi connectivity index (χ0v) is 9.16. The zero-order chi connectivity index (χ0) is 10.8. The molecule has 15 heavy (non-hydrogen) atoms. The Kier molecular flexibility index (Phi) is 2.77. The molecule has 0 saturated carbocycles. The van der Waals surface area contributed by atoms with Gasteiger partial charge in [0, 0.05) is 16.7 Å². The van der Waals surface area contributed by atoms with Crippen molar-refractivity contribution in [3.8, 4) is 5.75 Å². The molecule has 0 amide bonds. The van der Waals surface area contributed by atoms with E-state index in [4.69, 9.17) is 5.84 Å². The highest BCUT2D eigenvalue weighted by Crippen LogP contribution is 2.30. The van der Waals surface area contributed by atoms with Crippen LogP contribution in [0.1, 0.15) is 12.5 Å². The molecule has 5 heteroatoms. The Morgan fingerprint density at radius 3 is 2.80 bits per heavy atom. The lowest BCUT2D eigenvalue weighted by Gasteiger charge is -2.13. The van der Waals surface area contributed by atoms with Crippen molar-refractivity contribution < 1.29 is 5.11 Å². The summed E-state index contributed by atoms with van der Waals surface area (Å²) in [6.07, 6.45) is 1.86. The Morgan fingerprint density at radius 1 is 1.47 bits per heavy atom. The molecule has 0 fully saturated rings. The largest absolute Gasteiger partial charge is 0.507 e. The first-order chi connectivity index (χ1) is 7.18. The molecule has 1 unspecified atom stereocenters. The number of allylic oxidation sites excluding steroid dienone is 1. The maximum absolute atomic E-state index is 9.62. The van der Waals surface area contributed by atoms with E-state index in [2.05, 4.69) is 5.43 Å². The summed E-state index contributed by atoms with van der Waals surface area (Å²) < 4.78 is 1.53. The Bertz CT molecular complexity index is 442. The quantitative estimate of drug-likeness (QED) is 0.496. The summed E-state index contributed by atoms with van der Waals surface area (Å²) in [6.45, 7) is 2.00. The van der Waals surface area contributed by atoms with Gasteiger partial charge in [-0.1, -0.05) is 28.9 Å². The van der Waals surface area contributed by atoms with Crippen LogP contribution >= 0.6 is 10.7 Å². The molecule has 1 atom stereocenters. The van der Waals surface area contributed by atoms with E-state index in [9.17, 15) is 5.11 Å². The van der Waals surface area contributed by atoms with Gasteiger partial charge in [0.15, 0.2) is 0 Å². The van der Waals surface area contributed by atoms with Crippen LogP contribution in [-0.2, 0) is 0 Å². The molecular formula is C10H13N3OS. The summed E-state index contributed by atoms with van der Waals surface area (Å²) in [4.78, 5) is 1.14. The van der Waals surface area contributed by atoms with Crippen molar-refractivity contribution in [2.45, 2.75) is 6.92 Å². The lowest BCUT2D eigenvalue weighted by atomic mass is 10.2. The summed E-state index contributed by atoms with van der Waals surface area (Å²) in [5.41, 5.74) is 3.71. The van der Waals surface area contributed by atoms with Crippen molar-refractivity contribution >= 4 is 16.0 Å². The number of nitrogens with two attached hydrogens (primary N) is 1. The average molecular weight is 223 g/mol. The highest BCUT2D eigenvalue weighted by molar-refractivity contribution is 8.16. The summed E-state index contributed by atoms with van der Waals surface area (Å²) in [7, 11) is -0.302. The molecule has 0 saturated heterocycles. The first-order valence-corrected chi connectivity index (χ1v) is 5.77. The number of phenols is 1. The molecule has 2 rings (SSSR count). The first-order valence-electron chi connectivity index (χ1n) is 4.52. The van der Waals surface area contributed by atoms with Gasteiger partial charge in [-0.3, -0.25) is 0 Å². The molecule has 0 aromatic heterocycles. The fraction of sp³-hybridized carbons (Fsp3) is 0.100. The second-order valence-electron chi connectivity index (χ2n) is 3.20. The predicted molar refractivity (Wildman–Crippen MR) is 63.8 cm³/mol. The molecule has 4 nitrogen and oxygen atoms in total. The van der Waals surface area contributed by atoms with E-state index >= 15 is 0 Å². The number of para-hydroxylation sites is 1. The topological polar surface area (TPSA) is 61.5 Å². The van der Waals surface area contributed by atoms with Crippen LogP contribution in [-0.4, -0.2) is 15.0 Å². The maximum atomic E-state index is 9.62. The number of nitrogens with zero attached hydrogens (tertiary/aromatic N) is 1. The average Bonchev–Trinajstić information content (AvgIpc) is 2.53. The minimum absolute atomic E-state index is 0.276. The Morgan fingerprint density at radius 2 is 2.20 bits per heavy atom. The van der Waals surface area contributed by atoms with Crippen molar-refractivity contribution in [3.05, 3.63) is 40.9 Å². The molecular weight excluding hydrogens is 210 g/mol. The number of benzene rings is 1. The third-order valence-electron chi connectivity index (χ3n) is 2.11. The number of nitrogens with one attached hydrogen (secondary N) is 1. The van der Waals surface area contributed by atoms with Crippen LogP contribution in [0.5, 0.6) is 5.75 Å². The van der Waals surface area contributed by atoms with Gasteiger partial charge < -0.3 is 10.5 Å². The van der Waals surface area contributed by atoms with E-state index in [-0.39, 0.29) is 16.4 Å². The summed E-state index contributed by atoms with van der Waals surface area (Å²) >= 11 is 0. The number of rotatable bonds is 1. The van der Waals surface area contributed by atoms with Gasteiger partial charge in [-0.05, 0) is 18.4 Å². The van der Waals surface area contributed by atoms with E-state index in [0.29, 0.717) is 0 Å². The number of hydrogen-bond donors (Lipinski definition) is 3. The van der Waals surface area contributed by atoms with Gasteiger partial charge in [-0.25, -0.2) is 5.84 Å². The number of phenolic OH excluding ortho intramolecular Hbond substituents is 1. The monoisotopic (exact) mass is 223 g/mol. The van der Waals surface area contributed by atoms with Crippen molar-refractivity contribution in [3.63, 3.8) is 0 Å². The maximum Gasteiger partial charge on any atom is 0.123 e. The molecule has 0 bridgehead atoms. The minimum atomic E-state index is -0.302. The number of hydrazine groups is 2. The Labute approximate surface area is 91.0 Å². The highest BCUT2D eigenvalue weighted by Gasteiger charge is 2.12. The van der Waals surface area contributed by atoms with Crippen LogP contribution < -0.4 is 11.3 Å². The van der Waals surface area contributed by atoms with E-state index < -0.39 is 0 Å². The lowest BCUT2D eigenvalue weighted by molar-refractivity contribution is 0.439. The van der Waals surface area contributed by atoms with Crippen LogP contribution in [0.3, 0.4) is 0 Å². The molecule has 4 N–H and O–H groups in total. The standard InChI is InChI=1S/C10H13N3OS/c1-8-6-12-13(11)15(8)7-9-4-2-3-5-10(9)14/h2-7,12,14H,11H2,1H3. The zero-order valence-electron chi connectivity index (χ0n) is 8.34. The molecule has 1 aliphatic rings. The van der Waals surface area contributed by atoms with Crippen LogP contribution in [0, 0.1) is 0 Å². The molecule has 80 valence electrons. The highest BCUT2D eigenvalue weighted by atomic mass is 32.2. The van der Waals surface area contributed by atoms with Gasteiger partial charge in [0.25, 0.3) is 0 Å². The molecule has 1 aromatic carbocycles. The smallest absolute Gasteiger partial charge is 0.123 e. The second-order valence-corrected chi connectivity index (χ2v) is 5.10. The third kappa shape index (κ3) is 2.04. The van der Waals surface area contributed by atoms with Crippen LogP contribution in [0.15, 0.2) is 35.4 Å². The number of aromatic hydroxyl groups is 1. The van der Waals surface area contributed by atoms with Crippen molar-refractivity contribution in [1.82, 2.24) is 9.95 Å². The van der Waals surface area contributed by atoms with Crippen LogP contribution in [0.25, 0.3) is 0 Å². The molecule has 1 heterocycles. The molecule has 1 aromatic rings. The fourth-order valence-electron chi connectivity index (χ4n) is 1.28. The van der Waals surface area contributed by atoms with E-state index in [0.717, 1.165) is 10.5 Å².